The first kappa shape index (κ1) is 16.6. The Hall–Kier alpha value is -1.27. The van der Waals surface area contributed by atoms with Crippen molar-refractivity contribution < 1.29 is 14.3 Å². The zero-order valence-electron chi connectivity index (χ0n) is 13.7. The van der Waals surface area contributed by atoms with E-state index in [0.29, 0.717) is 6.61 Å². The molecular formula is C17H23BrN2O3. The number of carbonyl (C=O) groups excluding carboxylic acids is 1. The van der Waals surface area contributed by atoms with Gasteiger partial charge in [0.25, 0.3) is 0 Å². The molecule has 0 bridgehead atoms. The molecule has 3 rings (SSSR count). The number of nitrogens with one attached hydrogen (secondary N) is 2. The number of fused-ring (bicyclic) bond motifs is 1. The lowest BCUT2D eigenvalue weighted by atomic mass is 10.0. The Bertz CT molecular complexity index is 600. The molecule has 1 fully saturated rings. The highest BCUT2D eigenvalue weighted by Crippen LogP contribution is 2.36. The minimum absolute atomic E-state index is 0.142. The van der Waals surface area contributed by atoms with Crippen molar-refractivity contribution in [1.29, 1.82) is 0 Å². The van der Waals surface area contributed by atoms with Crippen LogP contribution < -0.4 is 15.4 Å². The number of alkyl carbamates (subject to hydrolysis) is 1. The maximum absolute atomic E-state index is 11.8. The molecule has 3 atom stereocenters. The van der Waals surface area contributed by atoms with Crippen LogP contribution in [0.4, 0.5) is 4.79 Å². The highest BCUT2D eigenvalue weighted by atomic mass is 79.9. The summed E-state index contributed by atoms with van der Waals surface area (Å²) in [7, 11) is 0. The van der Waals surface area contributed by atoms with Crippen molar-refractivity contribution in [2.75, 3.05) is 6.61 Å². The van der Waals surface area contributed by atoms with Gasteiger partial charge < -0.3 is 20.1 Å². The summed E-state index contributed by atoms with van der Waals surface area (Å²) in [5.41, 5.74) is 0.710. The molecule has 2 N–H and O–H groups in total. The Morgan fingerprint density at radius 1 is 1.35 bits per heavy atom. The monoisotopic (exact) mass is 382 g/mol. The fourth-order valence-corrected chi connectivity index (χ4v) is 3.17. The largest absolute Gasteiger partial charge is 0.493 e. The van der Waals surface area contributed by atoms with E-state index in [-0.39, 0.29) is 24.2 Å². The van der Waals surface area contributed by atoms with E-state index in [2.05, 4.69) is 32.6 Å². The number of rotatable bonds is 3. The third-order valence-electron chi connectivity index (χ3n) is 3.92. The second-order valence-corrected chi connectivity index (χ2v) is 8.05. The van der Waals surface area contributed by atoms with Crippen LogP contribution in [0.1, 0.15) is 45.2 Å². The van der Waals surface area contributed by atoms with Crippen LogP contribution in [-0.4, -0.2) is 30.4 Å². The standard InChI is InChI=1S/C17H23BrN2O3/c1-17(2,3)23-16(21)20-14-9-13(14)19-12-6-7-22-15-5-4-10(18)8-11(12)15/h4-5,8,12-14,19H,6-7,9H2,1-3H3,(H,20,21). The van der Waals surface area contributed by atoms with E-state index in [1.54, 1.807) is 0 Å². The highest BCUT2D eigenvalue weighted by molar-refractivity contribution is 9.10. The maximum Gasteiger partial charge on any atom is 0.407 e. The summed E-state index contributed by atoms with van der Waals surface area (Å²) < 4.78 is 12.1. The van der Waals surface area contributed by atoms with Crippen LogP contribution in [0, 0.1) is 0 Å². The van der Waals surface area contributed by atoms with E-state index in [1.807, 2.05) is 32.9 Å². The van der Waals surface area contributed by atoms with Gasteiger partial charge in [0.1, 0.15) is 11.4 Å². The Labute approximate surface area is 145 Å². The second-order valence-electron chi connectivity index (χ2n) is 7.13. The first-order valence-electron chi connectivity index (χ1n) is 7.99. The lowest BCUT2D eigenvalue weighted by molar-refractivity contribution is 0.0521. The summed E-state index contributed by atoms with van der Waals surface area (Å²) in [5.74, 6) is 0.939. The molecule has 1 heterocycles. The van der Waals surface area contributed by atoms with E-state index in [1.165, 1.54) is 5.56 Å². The number of halogens is 1. The summed E-state index contributed by atoms with van der Waals surface area (Å²) in [6.45, 7) is 6.31. The topological polar surface area (TPSA) is 59.6 Å². The van der Waals surface area contributed by atoms with Gasteiger partial charge in [-0.05, 0) is 45.4 Å². The van der Waals surface area contributed by atoms with Gasteiger partial charge >= 0.3 is 6.09 Å². The van der Waals surface area contributed by atoms with Crippen molar-refractivity contribution in [3.8, 4) is 5.75 Å². The normalized spacial score (nSPS) is 26.0. The van der Waals surface area contributed by atoms with Gasteiger partial charge in [-0.15, -0.1) is 0 Å². The van der Waals surface area contributed by atoms with Crippen LogP contribution in [0.25, 0.3) is 0 Å². The molecule has 1 amide bonds. The predicted octanol–water partition coefficient (Wildman–Crippen LogP) is 3.53. The molecule has 0 aromatic heterocycles. The number of ether oxygens (including phenoxy) is 2. The quantitative estimate of drug-likeness (QED) is 0.839. The minimum atomic E-state index is -0.464. The third-order valence-corrected chi connectivity index (χ3v) is 4.41. The van der Waals surface area contributed by atoms with Crippen LogP contribution in [-0.2, 0) is 4.74 Å². The molecule has 23 heavy (non-hydrogen) atoms. The molecule has 0 saturated heterocycles. The van der Waals surface area contributed by atoms with E-state index < -0.39 is 5.60 Å². The predicted molar refractivity (Wildman–Crippen MR) is 91.7 cm³/mol. The smallest absolute Gasteiger partial charge is 0.407 e. The van der Waals surface area contributed by atoms with Crippen molar-refractivity contribution in [3.05, 3.63) is 28.2 Å². The Morgan fingerprint density at radius 2 is 2.13 bits per heavy atom. The second kappa shape index (κ2) is 6.32. The van der Waals surface area contributed by atoms with Gasteiger partial charge in [-0.25, -0.2) is 4.79 Å². The van der Waals surface area contributed by atoms with Gasteiger partial charge in [0.2, 0.25) is 0 Å². The summed E-state index contributed by atoms with van der Waals surface area (Å²) in [5, 5.41) is 6.54. The van der Waals surface area contributed by atoms with Gasteiger partial charge in [0.15, 0.2) is 0 Å². The third kappa shape index (κ3) is 4.38. The molecule has 1 aliphatic heterocycles. The summed E-state index contributed by atoms with van der Waals surface area (Å²) >= 11 is 3.52. The van der Waals surface area contributed by atoms with Crippen molar-refractivity contribution in [2.24, 2.45) is 0 Å². The molecule has 1 aromatic carbocycles. The zero-order valence-corrected chi connectivity index (χ0v) is 15.3. The first-order valence-corrected chi connectivity index (χ1v) is 8.79. The first-order chi connectivity index (χ1) is 10.8. The zero-order chi connectivity index (χ0) is 16.6. The molecule has 0 radical (unpaired) electrons. The van der Waals surface area contributed by atoms with Crippen molar-refractivity contribution in [1.82, 2.24) is 10.6 Å². The number of hydrogen-bond donors (Lipinski definition) is 2. The van der Waals surface area contributed by atoms with Crippen LogP contribution >= 0.6 is 15.9 Å². The van der Waals surface area contributed by atoms with Crippen LogP contribution in [0.3, 0.4) is 0 Å². The number of amides is 1. The fraction of sp³-hybridized carbons (Fsp3) is 0.588. The van der Waals surface area contributed by atoms with Crippen molar-refractivity contribution in [3.63, 3.8) is 0 Å². The van der Waals surface area contributed by atoms with Crippen LogP contribution in [0.15, 0.2) is 22.7 Å². The van der Waals surface area contributed by atoms with Gasteiger partial charge in [0, 0.05) is 34.6 Å². The average Bonchev–Trinajstić information content (AvgIpc) is 3.15. The van der Waals surface area contributed by atoms with Crippen molar-refractivity contribution >= 4 is 22.0 Å². The fourth-order valence-electron chi connectivity index (χ4n) is 2.79. The Morgan fingerprint density at radius 3 is 2.87 bits per heavy atom. The van der Waals surface area contributed by atoms with E-state index >= 15 is 0 Å². The van der Waals surface area contributed by atoms with Crippen LogP contribution in [0.2, 0.25) is 0 Å². The summed E-state index contributed by atoms with van der Waals surface area (Å²) in [6.07, 6.45) is 1.51. The molecule has 2 aliphatic rings. The van der Waals surface area contributed by atoms with Crippen molar-refractivity contribution in [2.45, 2.75) is 57.3 Å². The SMILES string of the molecule is CC(C)(C)OC(=O)NC1CC1NC1CCOc2ccc(Br)cc21. The summed E-state index contributed by atoms with van der Waals surface area (Å²) in [4.78, 5) is 11.8. The minimum Gasteiger partial charge on any atom is -0.493 e. The molecule has 5 nitrogen and oxygen atoms in total. The molecule has 1 saturated carbocycles. The van der Waals surface area contributed by atoms with Crippen LogP contribution in [0.5, 0.6) is 5.75 Å². The van der Waals surface area contributed by atoms with E-state index in [0.717, 1.165) is 23.1 Å². The lowest BCUT2D eigenvalue weighted by Gasteiger charge is -2.27. The van der Waals surface area contributed by atoms with Gasteiger partial charge in [0.05, 0.1) is 6.61 Å². The Balaban J connectivity index is 1.55. The average molecular weight is 383 g/mol. The van der Waals surface area contributed by atoms with E-state index in [9.17, 15) is 4.79 Å². The molecule has 0 spiro atoms. The molecule has 126 valence electrons. The molecule has 1 aliphatic carbocycles. The molecule has 6 heteroatoms. The highest BCUT2D eigenvalue weighted by Gasteiger charge is 2.41. The number of hydrogen-bond acceptors (Lipinski definition) is 4. The van der Waals surface area contributed by atoms with Gasteiger partial charge in [-0.1, -0.05) is 15.9 Å². The summed E-state index contributed by atoms with van der Waals surface area (Å²) in [6, 6.07) is 6.78. The molecular weight excluding hydrogens is 360 g/mol. The molecule has 1 aromatic rings. The van der Waals surface area contributed by atoms with E-state index in [4.69, 9.17) is 9.47 Å². The number of benzene rings is 1. The maximum atomic E-state index is 11.8. The Kier molecular flexibility index (Phi) is 4.56. The number of carbonyl (C=O) groups is 1. The molecule has 3 unspecified atom stereocenters. The van der Waals surface area contributed by atoms with Gasteiger partial charge in [-0.2, -0.15) is 0 Å². The van der Waals surface area contributed by atoms with Gasteiger partial charge in [-0.3, -0.25) is 0 Å². The lowest BCUT2D eigenvalue weighted by Crippen LogP contribution is -2.38.